The molecular weight excluding hydrogens is 204 g/mol. The second-order valence-electron chi connectivity index (χ2n) is 4.05. The van der Waals surface area contributed by atoms with Crippen LogP contribution in [0.1, 0.15) is 26.7 Å². The van der Waals surface area contributed by atoms with E-state index in [-0.39, 0.29) is 12.0 Å². The number of nitrogens with two attached hydrogens (primary N) is 1. The summed E-state index contributed by atoms with van der Waals surface area (Å²) >= 11 is 0. The molecule has 0 spiro atoms. The molecule has 0 aliphatic heterocycles. The minimum absolute atomic E-state index is 0.0836. The van der Waals surface area contributed by atoms with E-state index in [0.717, 1.165) is 12.8 Å². The van der Waals surface area contributed by atoms with E-state index in [0.29, 0.717) is 18.2 Å². The lowest BCUT2D eigenvalue weighted by atomic mass is 9.83. The Balaban J connectivity index is 2.62. The molecule has 0 radical (unpaired) electrons. The Morgan fingerprint density at radius 1 is 1.38 bits per heavy atom. The lowest BCUT2D eigenvalue weighted by molar-refractivity contribution is 0.127. The van der Waals surface area contributed by atoms with E-state index < -0.39 is 0 Å². The number of hydrogen-bond donors (Lipinski definition) is 3. The zero-order valence-electron chi connectivity index (χ0n) is 9.90. The lowest BCUT2D eigenvalue weighted by Crippen LogP contribution is -2.32. The van der Waals surface area contributed by atoms with Crippen LogP contribution in [0.5, 0.6) is 0 Å². The first-order valence-corrected chi connectivity index (χ1v) is 5.58. The Hall–Kier alpha value is -1.36. The average molecular weight is 224 g/mol. The molecule has 1 aromatic heterocycles. The van der Waals surface area contributed by atoms with Crippen molar-refractivity contribution in [2.45, 2.75) is 26.7 Å². The maximum absolute atomic E-state index is 9.41. The van der Waals surface area contributed by atoms with Gasteiger partial charge in [0.25, 0.3) is 0 Å². The quantitative estimate of drug-likeness (QED) is 0.677. The smallest absolute Gasteiger partial charge is 0.131 e. The van der Waals surface area contributed by atoms with Crippen LogP contribution in [-0.2, 0) is 0 Å². The van der Waals surface area contributed by atoms with Gasteiger partial charge >= 0.3 is 0 Å². The van der Waals surface area contributed by atoms with Crippen molar-refractivity contribution in [3.8, 4) is 0 Å². The topological polar surface area (TPSA) is 84.1 Å². The molecule has 0 saturated heterocycles. The molecule has 0 bridgehead atoms. The minimum atomic E-state index is -0.0836. The van der Waals surface area contributed by atoms with Crippen LogP contribution in [0.4, 0.5) is 11.6 Å². The molecule has 16 heavy (non-hydrogen) atoms. The molecule has 0 aromatic carbocycles. The number of anilines is 2. The van der Waals surface area contributed by atoms with Crippen molar-refractivity contribution in [2.75, 3.05) is 24.2 Å². The van der Waals surface area contributed by atoms with Crippen LogP contribution >= 0.6 is 0 Å². The Bertz CT molecular complexity index is 317. The summed E-state index contributed by atoms with van der Waals surface area (Å²) in [5.41, 5.74) is 5.47. The second kappa shape index (κ2) is 5.65. The van der Waals surface area contributed by atoms with E-state index in [1.165, 1.54) is 6.33 Å². The summed E-state index contributed by atoms with van der Waals surface area (Å²) < 4.78 is 0. The summed E-state index contributed by atoms with van der Waals surface area (Å²) in [6.07, 6.45) is 3.28. The van der Waals surface area contributed by atoms with Gasteiger partial charge < -0.3 is 16.2 Å². The summed E-state index contributed by atoms with van der Waals surface area (Å²) in [6, 6.07) is 1.69. The van der Waals surface area contributed by atoms with Crippen LogP contribution in [0.25, 0.3) is 0 Å². The molecule has 0 atom stereocenters. The van der Waals surface area contributed by atoms with Gasteiger partial charge in [-0.2, -0.15) is 0 Å². The van der Waals surface area contributed by atoms with E-state index in [4.69, 9.17) is 5.73 Å². The van der Waals surface area contributed by atoms with Crippen LogP contribution < -0.4 is 11.1 Å². The van der Waals surface area contributed by atoms with Crippen molar-refractivity contribution < 1.29 is 5.11 Å². The third-order valence-corrected chi connectivity index (χ3v) is 3.17. The fourth-order valence-corrected chi connectivity index (χ4v) is 1.53. The molecule has 0 aliphatic carbocycles. The van der Waals surface area contributed by atoms with Crippen LogP contribution in [0.3, 0.4) is 0 Å². The van der Waals surface area contributed by atoms with Crippen molar-refractivity contribution >= 4 is 11.6 Å². The van der Waals surface area contributed by atoms with Crippen LogP contribution in [0.2, 0.25) is 0 Å². The monoisotopic (exact) mass is 224 g/mol. The van der Waals surface area contributed by atoms with E-state index in [9.17, 15) is 5.11 Å². The molecule has 5 heteroatoms. The van der Waals surface area contributed by atoms with E-state index in [1.54, 1.807) is 6.07 Å². The van der Waals surface area contributed by atoms with Gasteiger partial charge in [-0.05, 0) is 12.8 Å². The summed E-state index contributed by atoms with van der Waals surface area (Å²) in [5.74, 6) is 1.15. The number of aliphatic hydroxyl groups excluding tert-OH is 1. The number of hydrogen-bond acceptors (Lipinski definition) is 5. The largest absolute Gasteiger partial charge is 0.396 e. The van der Waals surface area contributed by atoms with Gasteiger partial charge in [-0.25, -0.2) is 9.97 Å². The summed E-state index contributed by atoms with van der Waals surface area (Å²) in [4.78, 5) is 7.88. The van der Waals surface area contributed by atoms with Crippen molar-refractivity contribution in [1.82, 2.24) is 9.97 Å². The third kappa shape index (κ3) is 3.06. The first-order valence-electron chi connectivity index (χ1n) is 5.58. The number of aliphatic hydroxyl groups is 1. The number of nitrogens with zero attached hydrogens (tertiary/aromatic N) is 2. The molecular formula is C11H20N4O. The van der Waals surface area contributed by atoms with Gasteiger partial charge in [0.15, 0.2) is 0 Å². The molecule has 0 fully saturated rings. The van der Waals surface area contributed by atoms with Crippen molar-refractivity contribution in [2.24, 2.45) is 5.41 Å². The van der Waals surface area contributed by atoms with E-state index >= 15 is 0 Å². The first-order chi connectivity index (χ1) is 7.65. The molecule has 4 N–H and O–H groups in total. The van der Waals surface area contributed by atoms with Crippen LogP contribution in [0, 0.1) is 5.41 Å². The molecule has 0 unspecified atom stereocenters. The van der Waals surface area contributed by atoms with Gasteiger partial charge in [-0.15, -0.1) is 0 Å². The molecule has 90 valence electrons. The highest BCUT2D eigenvalue weighted by Gasteiger charge is 2.24. The minimum Gasteiger partial charge on any atom is -0.396 e. The van der Waals surface area contributed by atoms with Gasteiger partial charge in [-0.1, -0.05) is 13.8 Å². The van der Waals surface area contributed by atoms with Crippen molar-refractivity contribution in [3.05, 3.63) is 12.4 Å². The SMILES string of the molecule is CCC(CC)(CO)CNc1cc(N)ncn1. The second-order valence-corrected chi connectivity index (χ2v) is 4.05. The molecule has 1 heterocycles. The normalized spacial score (nSPS) is 11.4. The Kier molecular flexibility index (Phi) is 4.49. The average Bonchev–Trinajstić information content (AvgIpc) is 2.32. The first kappa shape index (κ1) is 12.7. The van der Waals surface area contributed by atoms with Gasteiger partial charge in [-0.3, -0.25) is 0 Å². The number of rotatable bonds is 6. The zero-order valence-corrected chi connectivity index (χ0v) is 9.90. The summed E-state index contributed by atoms with van der Waals surface area (Å²) in [5, 5.41) is 12.6. The Morgan fingerprint density at radius 2 is 2.06 bits per heavy atom. The van der Waals surface area contributed by atoms with Gasteiger partial charge in [0.2, 0.25) is 0 Å². The molecule has 0 saturated carbocycles. The molecule has 1 rings (SSSR count). The van der Waals surface area contributed by atoms with Crippen LogP contribution in [-0.4, -0.2) is 28.2 Å². The number of nitrogens with one attached hydrogen (secondary N) is 1. The highest BCUT2D eigenvalue weighted by molar-refractivity contribution is 5.43. The lowest BCUT2D eigenvalue weighted by Gasteiger charge is -2.29. The maximum atomic E-state index is 9.41. The Morgan fingerprint density at radius 3 is 2.56 bits per heavy atom. The Labute approximate surface area is 96.1 Å². The molecule has 5 nitrogen and oxygen atoms in total. The van der Waals surface area contributed by atoms with Gasteiger partial charge in [0.1, 0.15) is 18.0 Å². The third-order valence-electron chi connectivity index (χ3n) is 3.17. The fraction of sp³-hybridized carbons (Fsp3) is 0.636. The standard InChI is InChI=1S/C11H20N4O/c1-3-11(4-2,7-16)6-13-10-5-9(12)14-8-15-10/h5,8,16H,3-4,6-7H2,1-2H3,(H3,12,13,14,15). The van der Waals surface area contributed by atoms with E-state index in [1.807, 2.05) is 0 Å². The van der Waals surface area contributed by atoms with Gasteiger partial charge in [0, 0.05) is 18.0 Å². The maximum Gasteiger partial charge on any atom is 0.131 e. The van der Waals surface area contributed by atoms with Gasteiger partial charge in [0.05, 0.1) is 6.61 Å². The predicted octanol–water partition coefficient (Wildman–Crippen LogP) is 1.27. The zero-order chi connectivity index (χ0) is 12.0. The highest BCUT2D eigenvalue weighted by Crippen LogP contribution is 2.25. The molecule has 1 aromatic rings. The van der Waals surface area contributed by atoms with Crippen LogP contribution in [0.15, 0.2) is 12.4 Å². The predicted molar refractivity (Wildman–Crippen MR) is 65.0 cm³/mol. The fourth-order valence-electron chi connectivity index (χ4n) is 1.53. The molecule has 0 aliphatic rings. The highest BCUT2D eigenvalue weighted by atomic mass is 16.3. The molecule has 0 amide bonds. The summed E-state index contributed by atoms with van der Waals surface area (Å²) in [7, 11) is 0. The van der Waals surface area contributed by atoms with E-state index in [2.05, 4.69) is 29.1 Å². The van der Waals surface area contributed by atoms with Crippen molar-refractivity contribution in [1.29, 1.82) is 0 Å². The summed E-state index contributed by atoms with van der Waals surface area (Å²) in [6.45, 7) is 5.02. The van der Waals surface area contributed by atoms with Crippen molar-refractivity contribution in [3.63, 3.8) is 0 Å². The number of aromatic nitrogens is 2. The number of nitrogen functional groups attached to an aromatic ring is 1.